The smallest absolute Gasteiger partial charge is 0.251 e. The predicted octanol–water partition coefficient (Wildman–Crippen LogP) is 2.87. The number of amides is 1. The fourth-order valence-electron chi connectivity index (χ4n) is 1.66. The molecule has 2 N–H and O–H groups in total. The summed E-state index contributed by atoms with van der Waals surface area (Å²) in [4.78, 5) is 12.0. The van der Waals surface area contributed by atoms with Crippen molar-refractivity contribution in [3.05, 3.63) is 29.8 Å². The first-order chi connectivity index (χ1) is 9.63. The van der Waals surface area contributed by atoms with Crippen molar-refractivity contribution in [2.75, 3.05) is 26.2 Å². The second kappa shape index (κ2) is 11.4. The summed E-state index contributed by atoms with van der Waals surface area (Å²) >= 11 is 0. The van der Waals surface area contributed by atoms with E-state index in [1.54, 1.807) is 12.1 Å². The van der Waals surface area contributed by atoms with Crippen LogP contribution in [0.4, 0.5) is 0 Å². The summed E-state index contributed by atoms with van der Waals surface area (Å²) in [7, 11) is 0. The molecule has 0 unspecified atom stereocenters. The van der Waals surface area contributed by atoms with Gasteiger partial charge >= 0.3 is 0 Å². The minimum atomic E-state index is -0.0571. The zero-order chi connectivity index (χ0) is 14.8. The molecule has 5 heteroatoms. The van der Waals surface area contributed by atoms with Crippen molar-refractivity contribution in [3.63, 3.8) is 0 Å². The van der Waals surface area contributed by atoms with Crippen LogP contribution in [-0.4, -0.2) is 32.1 Å². The fourth-order valence-corrected chi connectivity index (χ4v) is 1.66. The molecule has 4 nitrogen and oxygen atoms in total. The van der Waals surface area contributed by atoms with Gasteiger partial charge in [-0.2, -0.15) is 0 Å². The SMILES string of the molecule is CCCNCCNC(=O)c1cccc(OCC(C)C)c1.Cl. The van der Waals surface area contributed by atoms with E-state index >= 15 is 0 Å². The summed E-state index contributed by atoms with van der Waals surface area (Å²) in [6, 6.07) is 7.32. The van der Waals surface area contributed by atoms with E-state index < -0.39 is 0 Å². The molecule has 0 aliphatic carbocycles. The van der Waals surface area contributed by atoms with E-state index in [2.05, 4.69) is 31.4 Å². The van der Waals surface area contributed by atoms with Gasteiger partial charge < -0.3 is 15.4 Å². The molecule has 0 aliphatic rings. The van der Waals surface area contributed by atoms with Gasteiger partial charge in [-0.3, -0.25) is 4.79 Å². The number of rotatable bonds is 9. The highest BCUT2D eigenvalue weighted by molar-refractivity contribution is 5.94. The van der Waals surface area contributed by atoms with Crippen LogP contribution < -0.4 is 15.4 Å². The van der Waals surface area contributed by atoms with Crippen molar-refractivity contribution < 1.29 is 9.53 Å². The molecule has 0 saturated carbocycles. The van der Waals surface area contributed by atoms with Crippen LogP contribution in [0.25, 0.3) is 0 Å². The van der Waals surface area contributed by atoms with Gasteiger partial charge in [0.25, 0.3) is 5.91 Å². The largest absolute Gasteiger partial charge is 0.493 e. The summed E-state index contributed by atoms with van der Waals surface area (Å²) in [5.41, 5.74) is 0.641. The van der Waals surface area contributed by atoms with Gasteiger partial charge in [0.1, 0.15) is 5.75 Å². The molecule has 0 aliphatic heterocycles. The average Bonchev–Trinajstić information content (AvgIpc) is 2.45. The van der Waals surface area contributed by atoms with Crippen LogP contribution in [-0.2, 0) is 0 Å². The maximum absolute atomic E-state index is 12.0. The van der Waals surface area contributed by atoms with E-state index in [4.69, 9.17) is 4.74 Å². The molecule has 0 fully saturated rings. The Morgan fingerprint density at radius 3 is 2.67 bits per heavy atom. The number of benzene rings is 1. The Bertz CT molecular complexity index is 411. The standard InChI is InChI=1S/C16H26N2O2.ClH/c1-4-8-17-9-10-18-16(19)14-6-5-7-15(11-14)20-12-13(2)3;/h5-7,11,13,17H,4,8-10,12H2,1-3H3,(H,18,19);1H. The highest BCUT2D eigenvalue weighted by atomic mass is 35.5. The number of hydrogen-bond acceptors (Lipinski definition) is 3. The molecule has 0 spiro atoms. The third-order valence-electron chi connectivity index (χ3n) is 2.69. The Labute approximate surface area is 134 Å². The topological polar surface area (TPSA) is 50.4 Å². The van der Waals surface area contributed by atoms with Gasteiger partial charge in [-0.05, 0) is 37.1 Å². The predicted molar refractivity (Wildman–Crippen MR) is 89.5 cm³/mol. The molecule has 21 heavy (non-hydrogen) atoms. The van der Waals surface area contributed by atoms with Gasteiger partial charge in [0.2, 0.25) is 0 Å². The maximum Gasteiger partial charge on any atom is 0.251 e. The number of hydrogen-bond donors (Lipinski definition) is 2. The molecule has 1 aromatic rings. The number of ether oxygens (including phenoxy) is 1. The average molecular weight is 315 g/mol. The van der Waals surface area contributed by atoms with E-state index in [-0.39, 0.29) is 18.3 Å². The molecule has 0 aromatic heterocycles. The minimum Gasteiger partial charge on any atom is -0.493 e. The summed E-state index contributed by atoms with van der Waals surface area (Å²) in [5.74, 6) is 1.16. The van der Waals surface area contributed by atoms with Gasteiger partial charge in [0.15, 0.2) is 0 Å². The molecular weight excluding hydrogens is 288 g/mol. The first-order valence-electron chi connectivity index (χ1n) is 7.35. The molecule has 1 aromatic carbocycles. The lowest BCUT2D eigenvalue weighted by Crippen LogP contribution is -2.32. The van der Waals surface area contributed by atoms with Gasteiger partial charge in [0.05, 0.1) is 6.61 Å². The molecule has 0 heterocycles. The van der Waals surface area contributed by atoms with E-state index in [9.17, 15) is 4.79 Å². The van der Waals surface area contributed by atoms with Crippen molar-refractivity contribution in [3.8, 4) is 5.75 Å². The zero-order valence-electron chi connectivity index (χ0n) is 13.1. The third kappa shape index (κ3) is 8.58. The lowest BCUT2D eigenvalue weighted by Gasteiger charge is -2.10. The van der Waals surface area contributed by atoms with E-state index in [0.29, 0.717) is 24.6 Å². The Balaban J connectivity index is 0.00000400. The van der Waals surface area contributed by atoms with Crippen molar-refractivity contribution >= 4 is 18.3 Å². The van der Waals surface area contributed by atoms with Gasteiger partial charge in [0, 0.05) is 18.7 Å². The summed E-state index contributed by atoms with van der Waals surface area (Å²) in [5, 5.41) is 6.14. The highest BCUT2D eigenvalue weighted by Crippen LogP contribution is 2.14. The second-order valence-electron chi connectivity index (χ2n) is 5.24. The van der Waals surface area contributed by atoms with Crippen molar-refractivity contribution in [1.82, 2.24) is 10.6 Å². The van der Waals surface area contributed by atoms with Crippen LogP contribution in [0.2, 0.25) is 0 Å². The van der Waals surface area contributed by atoms with E-state index in [1.165, 1.54) is 0 Å². The van der Waals surface area contributed by atoms with Gasteiger partial charge in [-0.25, -0.2) is 0 Å². The lowest BCUT2D eigenvalue weighted by molar-refractivity contribution is 0.0953. The lowest BCUT2D eigenvalue weighted by atomic mass is 10.2. The van der Waals surface area contributed by atoms with Crippen molar-refractivity contribution in [1.29, 1.82) is 0 Å². The minimum absolute atomic E-state index is 0. The maximum atomic E-state index is 12.0. The van der Waals surface area contributed by atoms with Crippen LogP contribution in [0.15, 0.2) is 24.3 Å². The Morgan fingerprint density at radius 1 is 1.24 bits per heavy atom. The monoisotopic (exact) mass is 314 g/mol. The number of nitrogens with one attached hydrogen (secondary N) is 2. The van der Waals surface area contributed by atoms with Crippen LogP contribution >= 0.6 is 12.4 Å². The normalized spacial score (nSPS) is 10.1. The van der Waals surface area contributed by atoms with Gasteiger partial charge in [-0.15, -0.1) is 12.4 Å². The Morgan fingerprint density at radius 2 is 2.00 bits per heavy atom. The molecule has 0 atom stereocenters. The fraction of sp³-hybridized carbons (Fsp3) is 0.562. The second-order valence-corrected chi connectivity index (χ2v) is 5.24. The number of carbonyl (C=O) groups excluding carboxylic acids is 1. The molecule has 0 bridgehead atoms. The van der Waals surface area contributed by atoms with Gasteiger partial charge in [-0.1, -0.05) is 26.8 Å². The third-order valence-corrected chi connectivity index (χ3v) is 2.69. The van der Waals surface area contributed by atoms with Crippen LogP contribution in [0.5, 0.6) is 5.75 Å². The molecule has 120 valence electrons. The first-order valence-corrected chi connectivity index (χ1v) is 7.35. The molecule has 1 rings (SSSR count). The van der Waals surface area contributed by atoms with E-state index in [0.717, 1.165) is 25.3 Å². The quantitative estimate of drug-likeness (QED) is 0.689. The van der Waals surface area contributed by atoms with Crippen LogP contribution in [0.1, 0.15) is 37.6 Å². The molecule has 0 radical (unpaired) electrons. The number of halogens is 1. The molecular formula is C16H27ClN2O2. The van der Waals surface area contributed by atoms with E-state index in [1.807, 2.05) is 12.1 Å². The van der Waals surface area contributed by atoms with Crippen LogP contribution in [0, 0.1) is 5.92 Å². The summed E-state index contributed by atoms with van der Waals surface area (Å²) in [6.45, 7) is 9.38. The summed E-state index contributed by atoms with van der Waals surface area (Å²) in [6.07, 6.45) is 1.10. The Hall–Kier alpha value is -1.26. The molecule has 0 saturated heterocycles. The first kappa shape index (κ1) is 19.7. The van der Waals surface area contributed by atoms with Crippen LogP contribution in [0.3, 0.4) is 0 Å². The molecule has 1 amide bonds. The Kier molecular flexibility index (Phi) is 10.7. The highest BCUT2D eigenvalue weighted by Gasteiger charge is 2.06. The summed E-state index contributed by atoms with van der Waals surface area (Å²) < 4.78 is 5.62. The zero-order valence-corrected chi connectivity index (χ0v) is 14.0. The van der Waals surface area contributed by atoms with Crippen molar-refractivity contribution in [2.24, 2.45) is 5.92 Å². The van der Waals surface area contributed by atoms with Crippen molar-refractivity contribution in [2.45, 2.75) is 27.2 Å². The number of carbonyl (C=O) groups is 1.